The Kier molecular flexibility index (Phi) is 6.26. The number of methoxy groups -OCH3 is 1. The Morgan fingerprint density at radius 2 is 1.89 bits per heavy atom. The Balaban J connectivity index is 1.75. The Hall–Kier alpha value is -2.22. The maximum atomic E-state index is 12.6. The number of hydrogen-bond acceptors (Lipinski definition) is 5. The van der Waals surface area contributed by atoms with Gasteiger partial charge in [-0.15, -0.1) is 11.3 Å². The van der Waals surface area contributed by atoms with E-state index < -0.39 is 5.97 Å². The van der Waals surface area contributed by atoms with Gasteiger partial charge in [-0.05, 0) is 25.5 Å². The Bertz CT molecular complexity index is 796. The van der Waals surface area contributed by atoms with Crippen molar-refractivity contribution in [3.63, 3.8) is 0 Å². The maximum Gasteiger partial charge on any atom is 0.340 e. The molecule has 1 amide bonds. The summed E-state index contributed by atoms with van der Waals surface area (Å²) in [5, 5.41) is 3.44. The normalized spacial score (nSPS) is 22.3. The summed E-state index contributed by atoms with van der Waals surface area (Å²) in [4.78, 5) is 26.8. The van der Waals surface area contributed by atoms with Gasteiger partial charge in [0.25, 0.3) is 5.91 Å². The summed E-state index contributed by atoms with van der Waals surface area (Å²) in [6.45, 7) is 5.97. The number of hydrogen-bond donors (Lipinski definition) is 2. The van der Waals surface area contributed by atoms with Crippen molar-refractivity contribution < 1.29 is 24.0 Å². The number of nitrogens with one attached hydrogen (secondary N) is 2. The van der Waals surface area contributed by atoms with E-state index in [9.17, 15) is 9.59 Å². The fraction of sp³-hybridized carbons (Fsp3) is 0.400. The highest BCUT2D eigenvalue weighted by Crippen LogP contribution is 2.35. The topological polar surface area (TPSA) is 69.1 Å². The molecule has 7 heteroatoms. The van der Waals surface area contributed by atoms with Gasteiger partial charge in [-0.2, -0.15) is 0 Å². The molecule has 0 saturated carbocycles. The van der Waals surface area contributed by atoms with Gasteiger partial charge in [0.2, 0.25) is 0 Å². The molecule has 1 aromatic carbocycles. The van der Waals surface area contributed by atoms with E-state index in [1.807, 2.05) is 44.2 Å². The second-order valence-corrected chi connectivity index (χ2v) is 7.90. The van der Waals surface area contributed by atoms with Crippen LogP contribution in [0.25, 0.3) is 10.4 Å². The summed E-state index contributed by atoms with van der Waals surface area (Å²) >= 11 is 1.38. The molecule has 1 aromatic heterocycles. The fourth-order valence-electron chi connectivity index (χ4n) is 3.42. The zero-order valence-electron chi connectivity index (χ0n) is 15.8. The number of amides is 1. The summed E-state index contributed by atoms with van der Waals surface area (Å²) < 4.78 is 10.6. The van der Waals surface area contributed by atoms with Crippen molar-refractivity contribution >= 4 is 28.2 Å². The van der Waals surface area contributed by atoms with E-state index in [-0.39, 0.29) is 18.1 Å². The molecule has 0 radical (unpaired) electrons. The van der Waals surface area contributed by atoms with Gasteiger partial charge in [0.15, 0.2) is 6.54 Å². The smallest absolute Gasteiger partial charge is 0.340 e. The van der Waals surface area contributed by atoms with E-state index in [0.29, 0.717) is 17.1 Å². The first-order chi connectivity index (χ1) is 13.0. The van der Waals surface area contributed by atoms with Crippen LogP contribution in [0, 0.1) is 0 Å². The summed E-state index contributed by atoms with van der Waals surface area (Å²) in [7, 11) is 1.34. The maximum absolute atomic E-state index is 12.6. The molecule has 0 bridgehead atoms. The zero-order chi connectivity index (χ0) is 19.4. The van der Waals surface area contributed by atoms with Gasteiger partial charge in [-0.1, -0.05) is 30.3 Å². The van der Waals surface area contributed by atoms with Crippen molar-refractivity contribution in [2.24, 2.45) is 0 Å². The van der Waals surface area contributed by atoms with Gasteiger partial charge >= 0.3 is 5.97 Å². The van der Waals surface area contributed by atoms with Crippen molar-refractivity contribution in [2.45, 2.75) is 26.1 Å². The van der Waals surface area contributed by atoms with E-state index in [0.717, 1.165) is 23.5 Å². The summed E-state index contributed by atoms with van der Waals surface area (Å²) in [5.74, 6) is -0.567. The first kappa shape index (κ1) is 19.5. The van der Waals surface area contributed by atoms with Crippen LogP contribution in [0.2, 0.25) is 0 Å². The molecule has 0 aliphatic carbocycles. The van der Waals surface area contributed by atoms with Gasteiger partial charge in [0.05, 0.1) is 12.7 Å². The lowest BCUT2D eigenvalue weighted by atomic mass is 10.1. The lowest BCUT2D eigenvalue weighted by Crippen LogP contribution is -3.16. The monoisotopic (exact) mass is 389 g/mol. The second kappa shape index (κ2) is 8.65. The highest BCUT2D eigenvalue weighted by atomic mass is 32.1. The lowest BCUT2D eigenvalue weighted by Gasteiger charge is -2.31. The van der Waals surface area contributed by atoms with Crippen LogP contribution in [0.15, 0.2) is 36.4 Å². The minimum Gasteiger partial charge on any atom is -0.465 e. The molecule has 6 nitrogen and oxygen atoms in total. The molecule has 2 unspecified atom stereocenters. The van der Waals surface area contributed by atoms with E-state index >= 15 is 0 Å². The van der Waals surface area contributed by atoms with Crippen LogP contribution in [0.4, 0.5) is 5.00 Å². The van der Waals surface area contributed by atoms with Crippen LogP contribution < -0.4 is 10.2 Å². The summed E-state index contributed by atoms with van der Waals surface area (Å²) in [6.07, 6.45) is 0.266. The van der Waals surface area contributed by atoms with Crippen molar-refractivity contribution in [3.05, 3.63) is 42.0 Å². The summed E-state index contributed by atoms with van der Waals surface area (Å²) in [5.41, 5.74) is 1.38. The van der Waals surface area contributed by atoms with Crippen LogP contribution in [0.3, 0.4) is 0 Å². The highest BCUT2D eigenvalue weighted by Gasteiger charge is 2.28. The molecule has 2 atom stereocenters. The van der Waals surface area contributed by atoms with Crippen molar-refractivity contribution in [1.29, 1.82) is 0 Å². The molecule has 0 spiro atoms. The van der Waals surface area contributed by atoms with E-state index in [1.165, 1.54) is 23.3 Å². The molecule has 1 aliphatic heterocycles. The number of benzene rings is 1. The largest absolute Gasteiger partial charge is 0.465 e. The molecular weight excluding hydrogens is 364 g/mol. The number of carbonyl (C=O) groups is 2. The van der Waals surface area contributed by atoms with E-state index in [1.54, 1.807) is 6.07 Å². The number of morpholine rings is 1. The first-order valence-corrected chi connectivity index (χ1v) is 9.84. The molecule has 27 heavy (non-hydrogen) atoms. The van der Waals surface area contributed by atoms with Crippen molar-refractivity contribution in [2.75, 3.05) is 32.1 Å². The molecule has 1 aliphatic rings. The zero-order valence-corrected chi connectivity index (χ0v) is 16.6. The predicted molar refractivity (Wildman–Crippen MR) is 105 cm³/mol. The molecule has 2 heterocycles. The third-order valence-corrected chi connectivity index (χ3v) is 5.58. The number of quaternary nitrogens is 1. The average molecular weight is 389 g/mol. The van der Waals surface area contributed by atoms with Crippen LogP contribution in [0.1, 0.15) is 24.2 Å². The van der Waals surface area contributed by atoms with Gasteiger partial charge in [0.1, 0.15) is 30.3 Å². The Morgan fingerprint density at radius 3 is 2.52 bits per heavy atom. The van der Waals surface area contributed by atoms with Crippen LogP contribution in [-0.2, 0) is 14.3 Å². The van der Waals surface area contributed by atoms with Crippen molar-refractivity contribution in [3.8, 4) is 10.4 Å². The third-order valence-electron chi connectivity index (χ3n) is 4.48. The SMILES string of the molecule is COC(=O)c1cc(-c2ccccc2)sc1NC(=O)C[NH+]1CC(C)OC(C)C1. The van der Waals surface area contributed by atoms with Gasteiger partial charge < -0.3 is 19.7 Å². The van der Waals surface area contributed by atoms with Gasteiger partial charge in [-0.25, -0.2) is 4.79 Å². The molecule has 2 aromatic rings. The Labute approximate surface area is 163 Å². The molecular formula is C20H25N2O4S+. The highest BCUT2D eigenvalue weighted by molar-refractivity contribution is 7.20. The molecule has 3 rings (SSSR count). The van der Waals surface area contributed by atoms with Gasteiger partial charge in [-0.3, -0.25) is 4.79 Å². The lowest BCUT2D eigenvalue weighted by molar-refractivity contribution is -0.907. The Morgan fingerprint density at radius 1 is 1.22 bits per heavy atom. The first-order valence-electron chi connectivity index (χ1n) is 9.02. The molecule has 1 saturated heterocycles. The summed E-state index contributed by atoms with van der Waals surface area (Å²) in [6, 6.07) is 11.5. The quantitative estimate of drug-likeness (QED) is 0.766. The van der Waals surface area contributed by atoms with Crippen LogP contribution in [0.5, 0.6) is 0 Å². The molecule has 1 fully saturated rings. The number of anilines is 1. The van der Waals surface area contributed by atoms with Gasteiger partial charge in [0, 0.05) is 4.88 Å². The van der Waals surface area contributed by atoms with Crippen LogP contribution >= 0.6 is 11.3 Å². The number of rotatable bonds is 5. The number of thiophene rings is 1. The average Bonchev–Trinajstić information content (AvgIpc) is 3.04. The molecule has 144 valence electrons. The van der Waals surface area contributed by atoms with Crippen LogP contribution in [-0.4, -0.2) is 50.8 Å². The van der Waals surface area contributed by atoms with Crippen molar-refractivity contribution in [1.82, 2.24) is 0 Å². The third kappa shape index (κ3) is 4.94. The second-order valence-electron chi connectivity index (χ2n) is 6.85. The predicted octanol–water partition coefficient (Wildman–Crippen LogP) is 1.83. The minimum absolute atomic E-state index is 0.113. The minimum atomic E-state index is -0.454. The standard InChI is InChI=1S/C20H24N2O4S/c1-13-10-22(11-14(2)26-13)12-18(23)21-19-16(20(24)25-3)9-17(27-19)15-7-5-4-6-8-15/h4-9,13-14H,10-12H2,1-3H3,(H,21,23)/p+1. The number of ether oxygens (including phenoxy) is 2. The fourth-order valence-corrected chi connectivity index (χ4v) is 4.49. The number of esters is 1. The van der Waals surface area contributed by atoms with E-state index in [2.05, 4.69) is 5.32 Å². The molecule has 2 N–H and O–H groups in total. The van der Waals surface area contributed by atoms with E-state index in [4.69, 9.17) is 9.47 Å². The number of carbonyl (C=O) groups excluding carboxylic acids is 2.